The molecule has 0 aliphatic carbocycles. The molecule has 2 rings (SSSR count). The molecule has 2 aromatic rings. The molecule has 0 saturated carbocycles. The van der Waals surface area contributed by atoms with E-state index in [1.165, 1.54) is 11.1 Å². The van der Waals surface area contributed by atoms with Gasteiger partial charge >= 0.3 is 0 Å². The fourth-order valence-electron chi connectivity index (χ4n) is 1.75. The Labute approximate surface area is 92.2 Å². The van der Waals surface area contributed by atoms with Crippen LogP contribution in [-0.4, -0.2) is 13.1 Å². The molecule has 0 fully saturated rings. The van der Waals surface area contributed by atoms with E-state index >= 15 is 0 Å². The predicted octanol–water partition coefficient (Wildman–Crippen LogP) is 3.65. The zero-order chi connectivity index (χ0) is 10.9. The lowest BCUT2D eigenvalue weighted by molar-refractivity contribution is 1.17. The number of nitrogens with zero attached hydrogens (tertiary/aromatic N) is 1. The molecular formula is C13H17NSi. The Hall–Kier alpha value is -1.15. The Morgan fingerprint density at radius 2 is 1.73 bits per heavy atom. The number of hydrogen-bond acceptors (Lipinski definition) is 1. The topological polar surface area (TPSA) is 12.9 Å². The quantitative estimate of drug-likeness (QED) is 0.697. The highest BCUT2D eigenvalue weighted by molar-refractivity contribution is 6.75. The van der Waals surface area contributed by atoms with E-state index in [9.17, 15) is 0 Å². The monoisotopic (exact) mass is 215 g/mol. The standard InChI is InChI=1S/C13H17NSi/c1-15(2,3)10-12-9-8-11-6-4-5-7-13(11)14-12/h4-9H,10H2,1-3H3. The van der Waals surface area contributed by atoms with Gasteiger partial charge in [-0.3, -0.25) is 4.98 Å². The van der Waals surface area contributed by atoms with E-state index in [2.05, 4.69) is 50.0 Å². The molecule has 0 unspecified atom stereocenters. The Bertz CT molecular complexity index is 471. The van der Waals surface area contributed by atoms with Crippen LogP contribution in [0.2, 0.25) is 19.6 Å². The fourth-order valence-corrected chi connectivity index (χ4v) is 3.03. The summed E-state index contributed by atoms with van der Waals surface area (Å²) in [5, 5.41) is 1.23. The molecule has 1 aromatic carbocycles. The first-order chi connectivity index (χ1) is 7.04. The Morgan fingerprint density at radius 3 is 2.47 bits per heavy atom. The Balaban J connectivity index is 2.39. The Morgan fingerprint density at radius 1 is 1.00 bits per heavy atom. The molecule has 0 aliphatic heterocycles. The van der Waals surface area contributed by atoms with Crippen LogP contribution in [-0.2, 0) is 6.04 Å². The second kappa shape index (κ2) is 3.78. The molecule has 0 amide bonds. The van der Waals surface area contributed by atoms with Gasteiger partial charge in [0.2, 0.25) is 0 Å². The highest BCUT2D eigenvalue weighted by atomic mass is 28.3. The molecule has 1 heterocycles. The van der Waals surface area contributed by atoms with Crippen molar-refractivity contribution in [2.24, 2.45) is 0 Å². The number of aromatic nitrogens is 1. The van der Waals surface area contributed by atoms with Crippen molar-refractivity contribution in [3.8, 4) is 0 Å². The van der Waals surface area contributed by atoms with Gasteiger partial charge in [-0.15, -0.1) is 0 Å². The molecule has 0 N–H and O–H groups in total. The van der Waals surface area contributed by atoms with Crippen molar-refractivity contribution in [3.05, 3.63) is 42.1 Å². The third kappa shape index (κ3) is 2.66. The molecular weight excluding hydrogens is 198 g/mol. The molecule has 1 nitrogen and oxygen atoms in total. The first-order valence-corrected chi connectivity index (χ1v) is 9.10. The zero-order valence-electron chi connectivity index (χ0n) is 9.62. The van der Waals surface area contributed by atoms with Crippen LogP contribution in [0.3, 0.4) is 0 Å². The number of rotatable bonds is 2. The normalized spacial score (nSPS) is 11.9. The summed E-state index contributed by atoms with van der Waals surface area (Å²) in [4.78, 5) is 4.70. The lowest BCUT2D eigenvalue weighted by Crippen LogP contribution is -2.24. The molecule has 0 spiro atoms. The van der Waals surface area contributed by atoms with Gasteiger partial charge in [-0.1, -0.05) is 43.9 Å². The summed E-state index contributed by atoms with van der Waals surface area (Å²) < 4.78 is 0. The van der Waals surface area contributed by atoms with Crippen LogP contribution in [0.4, 0.5) is 0 Å². The van der Waals surface area contributed by atoms with Crippen LogP contribution in [0.5, 0.6) is 0 Å². The van der Waals surface area contributed by atoms with Crippen molar-refractivity contribution in [2.45, 2.75) is 25.7 Å². The minimum absolute atomic E-state index is 1.05. The van der Waals surface area contributed by atoms with E-state index < -0.39 is 8.07 Å². The van der Waals surface area contributed by atoms with Crippen LogP contribution in [0.15, 0.2) is 36.4 Å². The molecule has 0 atom stereocenters. The van der Waals surface area contributed by atoms with Gasteiger partial charge in [-0.25, -0.2) is 0 Å². The van der Waals surface area contributed by atoms with Gasteiger partial charge in [-0.05, 0) is 18.2 Å². The predicted molar refractivity (Wildman–Crippen MR) is 68.8 cm³/mol. The number of pyridine rings is 1. The van der Waals surface area contributed by atoms with Crippen molar-refractivity contribution >= 4 is 19.0 Å². The smallest absolute Gasteiger partial charge is 0.0705 e. The van der Waals surface area contributed by atoms with Crippen LogP contribution >= 0.6 is 0 Å². The van der Waals surface area contributed by atoms with Crippen molar-refractivity contribution in [3.63, 3.8) is 0 Å². The van der Waals surface area contributed by atoms with Crippen molar-refractivity contribution < 1.29 is 0 Å². The van der Waals surface area contributed by atoms with Gasteiger partial charge in [0.1, 0.15) is 0 Å². The van der Waals surface area contributed by atoms with Crippen molar-refractivity contribution in [1.29, 1.82) is 0 Å². The van der Waals surface area contributed by atoms with E-state index in [-0.39, 0.29) is 0 Å². The van der Waals surface area contributed by atoms with E-state index in [1.54, 1.807) is 0 Å². The van der Waals surface area contributed by atoms with Gasteiger partial charge in [-0.2, -0.15) is 0 Å². The highest BCUT2D eigenvalue weighted by Crippen LogP contribution is 2.15. The first-order valence-electron chi connectivity index (χ1n) is 5.39. The van der Waals surface area contributed by atoms with Gasteiger partial charge < -0.3 is 0 Å². The maximum absolute atomic E-state index is 4.70. The third-order valence-electron chi connectivity index (χ3n) is 2.37. The minimum Gasteiger partial charge on any atom is -0.253 e. The molecule has 2 heteroatoms. The van der Waals surface area contributed by atoms with E-state index in [0.29, 0.717) is 0 Å². The summed E-state index contributed by atoms with van der Waals surface area (Å²) in [6.07, 6.45) is 0. The summed E-state index contributed by atoms with van der Waals surface area (Å²) in [5.74, 6) is 0. The molecule has 1 aromatic heterocycles. The van der Waals surface area contributed by atoms with Crippen LogP contribution < -0.4 is 0 Å². The lowest BCUT2D eigenvalue weighted by atomic mass is 10.2. The van der Waals surface area contributed by atoms with Crippen molar-refractivity contribution in [2.75, 3.05) is 0 Å². The Kier molecular flexibility index (Phi) is 2.61. The molecule has 0 saturated heterocycles. The van der Waals surface area contributed by atoms with Gasteiger partial charge in [0, 0.05) is 11.1 Å². The lowest BCUT2D eigenvalue weighted by Gasteiger charge is -2.15. The largest absolute Gasteiger partial charge is 0.253 e. The number of fused-ring (bicyclic) bond motifs is 1. The number of benzene rings is 1. The molecule has 78 valence electrons. The average molecular weight is 215 g/mol. The second-order valence-electron chi connectivity index (χ2n) is 5.23. The van der Waals surface area contributed by atoms with Crippen molar-refractivity contribution in [1.82, 2.24) is 4.98 Å². The third-order valence-corrected chi connectivity index (χ3v) is 3.79. The van der Waals surface area contributed by atoms with Gasteiger partial charge in [0.15, 0.2) is 0 Å². The molecule has 0 aliphatic rings. The average Bonchev–Trinajstić information content (AvgIpc) is 2.15. The number of hydrogen-bond donors (Lipinski definition) is 0. The summed E-state index contributed by atoms with van der Waals surface area (Å²) in [6, 6.07) is 13.8. The summed E-state index contributed by atoms with van der Waals surface area (Å²) in [6.45, 7) is 7.14. The number of para-hydroxylation sites is 1. The maximum Gasteiger partial charge on any atom is 0.0705 e. The van der Waals surface area contributed by atoms with Crippen LogP contribution in [0.25, 0.3) is 10.9 Å². The van der Waals surface area contributed by atoms with Crippen LogP contribution in [0.1, 0.15) is 5.69 Å². The second-order valence-corrected chi connectivity index (χ2v) is 10.7. The summed E-state index contributed by atoms with van der Waals surface area (Å²) in [7, 11) is -1.05. The zero-order valence-corrected chi connectivity index (χ0v) is 10.6. The van der Waals surface area contributed by atoms with E-state index in [0.717, 1.165) is 11.6 Å². The summed E-state index contributed by atoms with van der Waals surface area (Å²) in [5.41, 5.74) is 2.36. The minimum atomic E-state index is -1.05. The fraction of sp³-hybridized carbons (Fsp3) is 0.308. The van der Waals surface area contributed by atoms with Gasteiger partial charge in [0.05, 0.1) is 13.6 Å². The van der Waals surface area contributed by atoms with Gasteiger partial charge in [0.25, 0.3) is 0 Å². The SMILES string of the molecule is C[Si](C)(C)Cc1ccc2ccccc2n1. The highest BCUT2D eigenvalue weighted by Gasteiger charge is 2.14. The van der Waals surface area contributed by atoms with E-state index in [1.807, 2.05) is 6.07 Å². The molecule has 15 heavy (non-hydrogen) atoms. The first kappa shape index (κ1) is 10.4. The molecule has 0 bridgehead atoms. The van der Waals surface area contributed by atoms with Crippen LogP contribution in [0, 0.1) is 0 Å². The van der Waals surface area contributed by atoms with E-state index in [4.69, 9.17) is 4.98 Å². The maximum atomic E-state index is 4.70. The molecule has 0 radical (unpaired) electrons. The summed E-state index contributed by atoms with van der Waals surface area (Å²) >= 11 is 0.